The molecule has 3 aromatic heterocycles. The molecular weight excluding hydrogens is 516 g/mol. The van der Waals surface area contributed by atoms with Crippen LogP contribution in [0.4, 0.5) is 28.4 Å². The summed E-state index contributed by atoms with van der Waals surface area (Å²) in [4.78, 5) is 31.6. The van der Waals surface area contributed by atoms with E-state index < -0.39 is 39.8 Å². The SMILES string of the molecule is O=C(Nc1nc(-c2cc(C(F)(F)F)ccc2F)nc2c1cnn2-c1ccccc1)c1ccc([N+](=O)[O-])s1. The first-order valence-electron chi connectivity index (χ1n) is 10.4. The Morgan fingerprint density at radius 3 is 2.49 bits per heavy atom. The average Bonchev–Trinajstić information content (AvgIpc) is 3.52. The maximum absolute atomic E-state index is 14.7. The fraction of sp³-hybridized carbons (Fsp3) is 0.0435. The molecule has 0 aliphatic rings. The van der Waals surface area contributed by atoms with Gasteiger partial charge in [-0.3, -0.25) is 14.9 Å². The molecule has 0 saturated heterocycles. The molecule has 0 unspecified atom stereocenters. The largest absolute Gasteiger partial charge is 0.416 e. The van der Waals surface area contributed by atoms with E-state index in [0.717, 1.165) is 6.07 Å². The van der Waals surface area contributed by atoms with Gasteiger partial charge >= 0.3 is 11.2 Å². The van der Waals surface area contributed by atoms with Crippen LogP contribution in [-0.4, -0.2) is 30.6 Å². The number of hydrogen-bond acceptors (Lipinski definition) is 7. The quantitative estimate of drug-likeness (QED) is 0.174. The van der Waals surface area contributed by atoms with Crippen molar-refractivity contribution in [2.75, 3.05) is 5.32 Å². The smallest absolute Gasteiger partial charge is 0.305 e. The van der Waals surface area contributed by atoms with E-state index in [-0.39, 0.29) is 26.7 Å². The molecule has 37 heavy (non-hydrogen) atoms. The lowest BCUT2D eigenvalue weighted by Crippen LogP contribution is -2.13. The van der Waals surface area contributed by atoms with Crippen molar-refractivity contribution in [3.05, 3.63) is 93.2 Å². The van der Waals surface area contributed by atoms with Gasteiger partial charge < -0.3 is 5.32 Å². The van der Waals surface area contributed by atoms with Crippen molar-refractivity contribution in [3.8, 4) is 17.1 Å². The summed E-state index contributed by atoms with van der Waals surface area (Å²) in [6.45, 7) is 0. The van der Waals surface area contributed by atoms with Crippen molar-refractivity contribution >= 4 is 39.1 Å². The van der Waals surface area contributed by atoms with Gasteiger partial charge in [-0.25, -0.2) is 19.0 Å². The van der Waals surface area contributed by atoms with Crippen LogP contribution in [0.3, 0.4) is 0 Å². The van der Waals surface area contributed by atoms with Gasteiger partial charge in [0.1, 0.15) is 11.6 Å². The van der Waals surface area contributed by atoms with Gasteiger partial charge in [0, 0.05) is 6.07 Å². The molecule has 1 N–H and O–H groups in total. The first-order valence-corrected chi connectivity index (χ1v) is 11.2. The summed E-state index contributed by atoms with van der Waals surface area (Å²) >= 11 is 0.623. The molecule has 14 heteroatoms. The number of anilines is 1. The Hall–Kier alpha value is -4.72. The fourth-order valence-corrected chi connectivity index (χ4v) is 4.19. The number of rotatable bonds is 5. The Bertz CT molecular complexity index is 1670. The summed E-state index contributed by atoms with van der Waals surface area (Å²) in [5.74, 6) is -2.37. The molecule has 0 bridgehead atoms. The molecule has 3 heterocycles. The van der Waals surface area contributed by atoms with Crippen LogP contribution >= 0.6 is 11.3 Å². The van der Waals surface area contributed by atoms with Gasteiger partial charge in [-0.05, 0) is 36.4 Å². The zero-order valence-electron chi connectivity index (χ0n) is 18.2. The van der Waals surface area contributed by atoms with E-state index >= 15 is 0 Å². The van der Waals surface area contributed by atoms with Crippen LogP contribution < -0.4 is 5.32 Å². The Kier molecular flexibility index (Phi) is 5.87. The molecule has 0 aliphatic carbocycles. The summed E-state index contributed by atoms with van der Waals surface area (Å²) in [6, 6.07) is 12.8. The Labute approximate surface area is 208 Å². The third-order valence-corrected chi connectivity index (χ3v) is 6.23. The predicted molar refractivity (Wildman–Crippen MR) is 126 cm³/mol. The minimum Gasteiger partial charge on any atom is -0.305 e. The second-order valence-electron chi connectivity index (χ2n) is 7.57. The van der Waals surface area contributed by atoms with Gasteiger partial charge in [-0.15, -0.1) is 0 Å². The van der Waals surface area contributed by atoms with Crippen LogP contribution in [-0.2, 0) is 6.18 Å². The van der Waals surface area contributed by atoms with E-state index in [1.54, 1.807) is 30.3 Å². The van der Waals surface area contributed by atoms with E-state index in [4.69, 9.17) is 0 Å². The molecule has 0 saturated carbocycles. The molecule has 0 radical (unpaired) electrons. The normalized spacial score (nSPS) is 11.6. The minimum absolute atomic E-state index is 0.0132. The highest BCUT2D eigenvalue weighted by Crippen LogP contribution is 2.34. The van der Waals surface area contributed by atoms with Crippen molar-refractivity contribution in [3.63, 3.8) is 0 Å². The Morgan fingerprint density at radius 2 is 1.81 bits per heavy atom. The molecule has 186 valence electrons. The Balaban J connectivity index is 1.68. The minimum atomic E-state index is -4.75. The van der Waals surface area contributed by atoms with Crippen molar-refractivity contribution in [2.24, 2.45) is 0 Å². The number of carbonyl (C=O) groups excluding carboxylic acids is 1. The van der Waals surface area contributed by atoms with Gasteiger partial charge in [-0.1, -0.05) is 29.5 Å². The molecule has 5 aromatic rings. The first-order chi connectivity index (χ1) is 17.6. The van der Waals surface area contributed by atoms with E-state index in [0.29, 0.717) is 35.2 Å². The third-order valence-electron chi connectivity index (χ3n) is 5.19. The van der Waals surface area contributed by atoms with Crippen LogP contribution in [0.25, 0.3) is 28.1 Å². The van der Waals surface area contributed by atoms with Gasteiger partial charge in [0.15, 0.2) is 11.5 Å². The number of nitrogens with zero attached hydrogens (tertiary/aromatic N) is 5. The Morgan fingerprint density at radius 1 is 1.05 bits per heavy atom. The molecule has 0 spiro atoms. The van der Waals surface area contributed by atoms with Crippen LogP contribution in [0.15, 0.2) is 66.9 Å². The average molecular weight is 528 g/mol. The van der Waals surface area contributed by atoms with E-state index in [9.17, 15) is 32.5 Å². The van der Waals surface area contributed by atoms with E-state index in [1.807, 2.05) is 0 Å². The summed E-state index contributed by atoms with van der Waals surface area (Å²) in [6.07, 6.45) is -3.41. The monoisotopic (exact) mass is 528 g/mol. The summed E-state index contributed by atoms with van der Waals surface area (Å²) in [5.41, 5.74) is -1.03. The van der Waals surface area contributed by atoms with Crippen molar-refractivity contribution in [1.29, 1.82) is 0 Å². The second kappa shape index (κ2) is 9.05. The molecule has 0 atom stereocenters. The number of thiophene rings is 1. The lowest BCUT2D eigenvalue weighted by atomic mass is 10.1. The topological polar surface area (TPSA) is 116 Å². The fourth-order valence-electron chi connectivity index (χ4n) is 3.47. The zero-order chi connectivity index (χ0) is 26.3. The molecular formula is C23H12F4N6O3S. The first kappa shape index (κ1) is 24.0. The summed E-state index contributed by atoms with van der Waals surface area (Å²) in [7, 11) is 0. The molecule has 0 fully saturated rings. The molecule has 2 aromatic carbocycles. The van der Waals surface area contributed by atoms with Crippen molar-refractivity contribution in [2.45, 2.75) is 6.18 Å². The summed E-state index contributed by atoms with van der Waals surface area (Å²) < 4.78 is 56.0. The van der Waals surface area contributed by atoms with Crippen LogP contribution in [0.5, 0.6) is 0 Å². The van der Waals surface area contributed by atoms with Gasteiger partial charge in [-0.2, -0.15) is 18.3 Å². The van der Waals surface area contributed by atoms with Gasteiger partial charge in [0.05, 0.1) is 38.2 Å². The lowest BCUT2D eigenvalue weighted by molar-refractivity contribution is -0.380. The number of carbonyl (C=O) groups is 1. The third kappa shape index (κ3) is 4.61. The molecule has 0 aliphatic heterocycles. The van der Waals surface area contributed by atoms with Crippen LogP contribution in [0.1, 0.15) is 15.2 Å². The second-order valence-corrected chi connectivity index (χ2v) is 8.63. The molecule has 5 rings (SSSR count). The number of para-hydroxylation sites is 1. The highest BCUT2D eigenvalue weighted by molar-refractivity contribution is 7.17. The number of nitrogens with one attached hydrogen (secondary N) is 1. The number of benzene rings is 2. The standard InChI is InChI=1S/C23H12F4N6O3S/c24-16-7-6-12(23(25,26)27)10-14(16)19-29-20(31-22(34)17-8-9-18(37-17)33(35)36)15-11-28-32(21(15)30-19)13-4-2-1-3-5-13/h1-11H,(H,29,30,31,34). The number of amides is 1. The lowest BCUT2D eigenvalue weighted by Gasteiger charge is -2.11. The van der Waals surface area contributed by atoms with Crippen LogP contribution in [0, 0.1) is 15.9 Å². The maximum Gasteiger partial charge on any atom is 0.416 e. The van der Waals surface area contributed by atoms with Crippen molar-refractivity contribution < 1.29 is 27.3 Å². The molecule has 1 amide bonds. The van der Waals surface area contributed by atoms with Crippen molar-refractivity contribution in [1.82, 2.24) is 19.7 Å². The van der Waals surface area contributed by atoms with Gasteiger partial charge in [0.2, 0.25) is 0 Å². The maximum atomic E-state index is 14.7. The van der Waals surface area contributed by atoms with Gasteiger partial charge in [0.25, 0.3) is 5.91 Å². The summed E-state index contributed by atoms with van der Waals surface area (Å²) in [5, 5.41) is 17.7. The van der Waals surface area contributed by atoms with E-state index in [2.05, 4.69) is 20.4 Å². The highest BCUT2D eigenvalue weighted by Gasteiger charge is 2.32. The molecule has 9 nitrogen and oxygen atoms in total. The highest BCUT2D eigenvalue weighted by atomic mass is 32.1. The number of hydrogen-bond donors (Lipinski definition) is 1. The zero-order valence-corrected chi connectivity index (χ0v) is 19.0. The number of alkyl halides is 3. The van der Waals surface area contributed by atoms with E-state index in [1.165, 1.54) is 16.9 Å². The predicted octanol–water partition coefficient (Wildman–Crippen LogP) is 5.86. The number of aromatic nitrogens is 4. The number of nitro groups is 1. The van der Waals surface area contributed by atoms with Crippen LogP contribution in [0.2, 0.25) is 0 Å². The number of fused-ring (bicyclic) bond motifs is 1. The number of halogens is 4.